The second-order valence-electron chi connectivity index (χ2n) is 8.45. The number of hydrogen-bond acceptors (Lipinski definition) is 7. The maximum Gasteiger partial charge on any atom is 0.229 e. The second kappa shape index (κ2) is 9.95. The highest BCUT2D eigenvalue weighted by Gasteiger charge is 2.23. The Kier molecular flexibility index (Phi) is 7.06. The minimum Gasteiger partial charge on any atom is -0.369 e. The molecule has 2 fully saturated rings. The van der Waals surface area contributed by atoms with Crippen molar-refractivity contribution >= 4 is 39.3 Å². The summed E-state index contributed by atoms with van der Waals surface area (Å²) in [6.07, 6.45) is 8.61. The Morgan fingerprint density at radius 1 is 1.29 bits per heavy atom. The summed E-state index contributed by atoms with van der Waals surface area (Å²) in [6.45, 7) is 6.53. The van der Waals surface area contributed by atoms with Crippen molar-refractivity contribution in [3.8, 4) is 0 Å². The van der Waals surface area contributed by atoms with Crippen LogP contribution in [-0.2, 0) is 4.79 Å². The maximum atomic E-state index is 11.9. The number of hydrogen-bond donors (Lipinski definition) is 2. The molecule has 0 saturated carbocycles. The topological polar surface area (TPSA) is 91.2 Å². The standard InChI is InChI=1S/C21H31BrN8O/c1-15-18(14-30(27-15)16-7-11-28(2)13-16)25-21-24-12-17(22)20(26-21)23-8-5-10-29-9-4-3-6-19(29)31/h12,14,16H,3-11,13H2,1-2H3,(H2,23,24,25,26)/t16-/m0/s1. The summed E-state index contributed by atoms with van der Waals surface area (Å²) in [5.74, 6) is 1.55. The summed E-state index contributed by atoms with van der Waals surface area (Å²) in [4.78, 5) is 25.2. The molecule has 168 valence electrons. The van der Waals surface area contributed by atoms with Crippen molar-refractivity contribution < 1.29 is 4.79 Å². The van der Waals surface area contributed by atoms with Crippen molar-refractivity contribution in [1.29, 1.82) is 0 Å². The molecule has 2 aromatic rings. The molecule has 2 aliphatic rings. The Balaban J connectivity index is 1.33. The van der Waals surface area contributed by atoms with Gasteiger partial charge in [-0.1, -0.05) is 0 Å². The number of rotatable bonds is 8. The number of anilines is 3. The van der Waals surface area contributed by atoms with Gasteiger partial charge in [-0.25, -0.2) is 4.98 Å². The van der Waals surface area contributed by atoms with Crippen molar-refractivity contribution in [2.24, 2.45) is 0 Å². The molecule has 2 N–H and O–H groups in total. The lowest BCUT2D eigenvalue weighted by molar-refractivity contribution is -0.133. The van der Waals surface area contributed by atoms with Crippen molar-refractivity contribution in [1.82, 2.24) is 29.5 Å². The lowest BCUT2D eigenvalue weighted by Crippen LogP contribution is -2.36. The average Bonchev–Trinajstić information content (AvgIpc) is 3.34. The number of carbonyl (C=O) groups is 1. The van der Waals surface area contributed by atoms with E-state index in [-0.39, 0.29) is 5.91 Å². The third kappa shape index (κ3) is 5.54. The molecule has 0 bridgehead atoms. The molecule has 0 spiro atoms. The molecule has 0 unspecified atom stereocenters. The number of likely N-dealkylation sites (tertiary alicyclic amines) is 2. The summed E-state index contributed by atoms with van der Waals surface area (Å²) < 4.78 is 2.87. The molecule has 0 aliphatic carbocycles. The lowest BCUT2D eigenvalue weighted by atomic mass is 10.1. The van der Waals surface area contributed by atoms with E-state index in [1.165, 1.54) is 0 Å². The van der Waals surface area contributed by atoms with Gasteiger partial charge >= 0.3 is 0 Å². The first-order valence-electron chi connectivity index (χ1n) is 11.0. The lowest BCUT2D eigenvalue weighted by Gasteiger charge is -2.26. The number of halogens is 1. The summed E-state index contributed by atoms with van der Waals surface area (Å²) in [7, 11) is 2.14. The number of likely N-dealkylation sites (N-methyl/N-ethyl adjacent to an activating group) is 1. The van der Waals surface area contributed by atoms with Crippen LogP contribution in [0, 0.1) is 6.92 Å². The monoisotopic (exact) mass is 490 g/mol. The van der Waals surface area contributed by atoms with E-state index >= 15 is 0 Å². The van der Waals surface area contributed by atoms with Crippen LogP contribution in [0.15, 0.2) is 16.9 Å². The smallest absolute Gasteiger partial charge is 0.229 e. The molecule has 0 radical (unpaired) electrons. The second-order valence-corrected chi connectivity index (χ2v) is 9.30. The summed E-state index contributed by atoms with van der Waals surface area (Å²) in [6, 6.07) is 0.411. The zero-order valence-electron chi connectivity index (χ0n) is 18.3. The maximum absolute atomic E-state index is 11.9. The fourth-order valence-electron chi connectivity index (χ4n) is 4.17. The predicted octanol–water partition coefficient (Wildman–Crippen LogP) is 3.18. The average molecular weight is 491 g/mol. The molecule has 4 heterocycles. The zero-order valence-corrected chi connectivity index (χ0v) is 19.9. The van der Waals surface area contributed by atoms with E-state index in [1.807, 2.05) is 18.0 Å². The summed E-state index contributed by atoms with van der Waals surface area (Å²) >= 11 is 3.52. The Hall–Kier alpha value is -2.20. The summed E-state index contributed by atoms with van der Waals surface area (Å²) in [5, 5.41) is 11.4. The first kappa shape index (κ1) is 22.0. The number of aryl methyl sites for hydroxylation is 1. The molecule has 9 nitrogen and oxygen atoms in total. The van der Waals surface area contributed by atoms with Gasteiger partial charge in [-0.05, 0) is 62.1 Å². The number of nitrogens with one attached hydrogen (secondary N) is 2. The molecule has 1 amide bonds. The fourth-order valence-corrected chi connectivity index (χ4v) is 4.50. The Morgan fingerprint density at radius 3 is 2.94 bits per heavy atom. The SMILES string of the molecule is Cc1nn([C@H]2CCN(C)C2)cc1Nc1ncc(Br)c(NCCCN2CCCCC2=O)n1. The molecule has 2 aromatic heterocycles. The third-order valence-electron chi connectivity index (χ3n) is 5.97. The van der Waals surface area contributed by atoms with E-state index in [2.05, 4.69) is 58.3 Å². The number of carbonyl (C=O) groups excluding carboxylic acids is 1. The summed E-state index contributed by atoms with van der Waals surface area (Å²) in [5.41, 5.74) is 1.85. The van der Waals surface area contributed by atoms with Gasteiger partial charge in [-0.2, -0.15) is 10.1 Å². The van der Waals surface area contributed by atoms with Gasteiger partial charge in [0, 0.05) is 45.0 Å². The van der Waals surface area contributed by atoms with E-state index in [1.54, 1.807) is 6.20 Å². The van der Waals surface area contributed by atoms with Gasteiger partial charge in [0.2, 0.25) is 11.9 Å². The van der Waals surface area contributed by atoms with Crippen molar-refractivity contribution in [2.75, 3.05) is 50.4 Å². The number of piperidine rings is 1. The van der Waals surface area contributed by atoms with Crippen LogP contribution < -0.4 is 10.6 Å². The van der Waals surface area contributed by atoms with Crippen molar-refractivity contribution in [3.05, 3.63) is 22.6 Å². The van der Waals surface area contributed by atoms with Crippen LogP contribution in [0.3, 0.4) is 0 Å². The Bertz CT molecular complexity index is 917. The van der Waals surface area contributed by atoms with Crippen molar-refractivity contribution in [2.45, 2.75) is 45.1 Å². The molecule has 0 aromatic carbocycles. The molecule has 4 rings (SSSR count). The molecule has 2 aliphatic heterocycles. The van der Waals surface area contributed by atoms with Gasteiger partial charge in [0.15, 0.2) is 0 Å². The molecule has 2 saturated heterocycles. The van der Waals surface area contributed by atoms with Crippen LogP contribution in [0.2, 0.25) is 0 Å². The molecule has 10 heteroatoms. The highest BCUT2D eigenvalue weighted by Crippen LogP contribution is 2.26. The number of amides is 1. The minimum absolute atomic E-state index is 0.279. The minimum atomic E-state index is 0.279. The predicted molar refractivity (Wildman–Crippen MR) is 125 cm³/mol. The van der Waals surface area contributed by atoms with Crippen LogP contribution in [-0.4, -0.2) is 75.2 Å². The van der Waals surface area contributed by atoms with E-state index in [9.17, 15) is 4.79 Å². The van der Waals surface area contributed by atoms with E-state index in [0.29, 0.717) is 18.4 Å². The molecular formula is C21H31BrN8O. The first-order valence-corrected chi connectivity index (χ1v) is 11.8. The van der Waals surface area contributed by atoms with Crippen LogP contribution in [0.25, 0.3) is 0 Å². The quantitative estimate of drug-likeness (QED) is 0.548. The van der Waals surface area contributed by atoms with E-state index < -0.39 is 0 Å². The van der Waals surface area contributed by atoms with Gasteiger partial charge in [0.05, 0.1) is 21.9 Å². The van der Waals surface area contributed by atoms with Crippen LogP contribution in [0.4, 0.5) is 17.5 Å². The van der Waals surface area contributed by atoms with E-state index in [0.717, 1.165) is 80.1 Å². The van der Waals surface area contributed by atoms with Crippen LogP contribution in [0.1, 0.15) is 43.8 Å². The van der Waals surface area contributed by atoms with Gasteiger partial charge < -0.3 is 20.4 Å². The number of aromatic nitrogens is 4. The first-order chi connectivity index (χ1) is 15.0. The van der Waals surface area contributed by atoms with Crippen molar-refractivity contribution in [3.63, 3.8) is 0 Å². The van der Waals surface area contributed by atoms with E-state index in [4.69, 9.17) is 0 Å². The van der Waals surface area contributed by atoms with Gasteiger partial charge in [0.1, 0.15) is 5.82 Å². The normalized spacial score (nSPS) is 19.8. The largest absolute Gasteiger partial charge is 0.369 e. The molecule has 1 atom stereocenters. The Morgan fingerprint density at radius 2 is 2.16 bits per heavy atom. The van der Waals surface area contributed by atoms with Gasteiger partial charge in [-0.15, -0.1) is 0 Å². The van der Waals surface area contributed by atoms with Gasteiger partial charge in [-0.3, -0.25) is 9.48 Å². The highest BCUT2D eigenvalue weighted by atomic mass is 79.9. The van der Waals surface area contributed by atoms with Crippen LogP contribution >= 0.6 is 15.9 Å². The molecular weight excluding hydrogens is 460 g/mol. The van der Waals surface area contributed by atoms with Crippen LogP contribution in [0.5, 0.6) is 0 Å². The zero-order chi connectivity index (χ0) is 21.8. The highest BCUT2D eigenvalue weighted by molar-refractivity contribution is 9.10. The van der Waals surface area contributed by atoms with Gasteiger partial charge in [0.25, 0.3) is 0 Å². The number of nitrogens with zero attached hydrogens (tertiary/aromatic N) is 6. The fraction of sp³-hybridized carbons (Fsp3) is 0.619. The third-order valence-corrected chi connectivity index (χ3v) is 6.55. The molecule has 31 heavy (non-hydrogen) atoms. The Labute approximate surface area is 191 Å².